The fourth-order valence-electron chi connectivity index (χ4n) is 6.96. The van der Waals surface area contributed by atoms with Gasteiger partial charge in [0, 0.05) is 19.3 Å². The van der Waals surface area contributed by atoms with Crippen molar-refractivity contribution in [3.8, 4) is 0 Å². The minimum Gasteiger partial charge on any atom is -0.462 e. The van der Waals surface area contributed by atoms with Crippen LogP contribution >= 0.6 is 0 Å². The fourth-order valence-corrected chi connectivity index (χ4v) is 6.96. The Morgan fingerprint density at radius 3 is 0.893 bits per heavy atom. The maximum Gasteiger partial charge on any atom is 0.306 e. The number of ether oxygens (including phenoxy) is 3. The summed E-state index contributed by atoms with van der Waals surface area (Å²) in [7, 11) is 0. The molecule has 0 heterocycles. The van der Waals surface area contributed by atoms with Crippen molar-refractivity contribution in [2.45, 2.75) is 264 Å². The number of unbranched alkanes of at least 4 members (excludes halogenated alkanes) is 29. The molecule has 0 aliphatic heterocycles. The normalized spacial score (nSPS) is 12.1. The minimum atomic E-state index is -0.770. The molecule has 0 fully saturated rings. The van der Waals surface area contributed by atoms with Crippen molar-refractivity contribution in [2.24, 2.45) is 0 Å². The maximum atomic E-state index is 12.7. The van der Waals surface area contributed by atoms with Gasteiger partial charge in [-0.2, -0.15) is 0 Å². The summed E-state index contributed by atoms with van der Waals surface area (Å²) in [6.07, 6.45) is 50.3. The predicted molar refractivity (Wildman–Crippen MR) is 238 cm³/mol. The lowest BCUT2D eigenvalue weighted by molar-refractivity contribution is -0.167. The second-order valence-electron chi connectivity index (χ2n) is 16.4. The first-order valence-corrected chi connectivity index (χ1v) is 24.3. The van der Waals surface area contributed by atoms with Crippen molar-refractivity contribution in [1.29, 1.82) is 0 Å². The first-order valence-electron chi connectivity index (χ1n) is 24.3. The summed E-state index contributed by atoms with van der Waals surface area (Å²) >= 11 is 0. The molecule has 0 aromatic carbocycles. The van der Waals surface area contributed by atoms with Crippen LogP contribution in [0.1, 0.15) is 258 Å². The number of hydrogen-bond donors (Lipinski definition) is 0. The molecule has 0 bridgehead atoms. The summed E-state index contributed by atoms with van der Waals surface area (Å²) in [5.74, 6) is -0.886. The Hall–Kier alpha value is -2.11. The Kier molecular flexibility index (Phi) is 43.9. The van der Waals surface area contributed by atoms with Gasteiger partial charge in [0.15, 0.2) is 6.10 Å². The molecular weight excluding hydrogens is 697 g/mol. The fraction of sp³-hybridized carbons (Fsp3) is 0.860. The molecule has 0 N–H and O–H groups in total. The highest BCUT2D eigenvalue weighted by Gasteiger charge is 2.19. The zero-order chi connectivity index (χ0) is 40.8. The standard InChI is InChI=1S/C50H92O6/c1-4-7-10-13-16-18-20-22-24-25-26-28-29-31-34-37-40-43-49(52)55-46-47(45-54-48(51)42-39-36-33-15-12-9-6-3)56-50(53)44-41-38-35-32-30-27-23-21-19-17-14-11-8-5-2/h21-24,47H,4-20,25-46H2,1-3H3/b23-21-,24-22-. The van der Waals surface area contributed by atoms with Gasteiger partial charge in [-0.15, -0.1) is 0 Å². The Morgan fingerprint density at radius 2 is 0.589 bits per heavy atom. The highest BCUT2D eigenvalue weighted by Crippen LogP contribution is 2.14. The highest BCUT2D eigenvalue weighted by atomic mass is 16.6. The van der Waals surface area contributed by atoms with Gasteiger partial charge in [-0.3, -0.25) is 14.4 Å². The second-order valence-corrected chi connectivity index (χ2v) is 16.4. The monoisotopic (exact) mass is 789 g/mol. The zero-order valence-corrected chi connectivity index (χ0v) is 37.4. The van der Waals surface area contributed by atoms with Crippen LogP contribution in [-0.2, 0) is 28.6 Å². The van der Waals surface area contributed by atoms with Gasteiger partial charge in [-0.25, -0.2) is 0 Å². The molecule has 0 radical (unpaired) electrons. The molecule has 0 aromatic rings. The van der Waals surface area contributed by atoms with Crippen molar-refractivity contribution in [1.82, 2.24) is 0 Å². The van der Waals surface area contributed by atoms with Crippen LogP contribution in [-0.4, -0.2) is 37.2 Å². The van der Waals surface area contributed by atoms with E-state index in [1.54, 1.807) is 0 Å². The Labute approximate surface area is 347 Å². The van der Waals surface area contributed by atoms with Gasteiger partial charge in [0.1, 0.15) is 13.2 Å². The molecule has 0 rings (SSSR count). The Balaban J connectivity index is 4.27. The molecule has 0 aliphatic carbocycles. The van der Waals surface area contributed by atoms with E-state index in [0.717, 1.165) is 64.2 Å². The van der Waals surface area contributed by atoms with E-state index in [9.17, 15) is 14.4 Å². The van der Waals surface area contributed by atoms with Gasteiger partial charge in [-0.05, 0) is 70.6 Å². The van der Waals surface area contributed by atoms with Gasteiger partial charge in [0.25, 0.3) is 0 Å². The summed E-state index contributed by atoms with van der Waals surface area (Å²) in [5, 5.41) is 0. The van der Waals surface area contributed by atoms with Crippen molar-refractivity contribution >= 4 is 17.9 Å². The Bertz CT molecular complexity index is 911. The second kappa shape index (κ2) is 45.6. The number of carbonyl (C=O) groups is 3. The number of rotatable bonds is 44. The highest BCUT2D eigenvalue weighted by molar-refractivity contribution is 5.71. The smallest absolute Gasteiger partial charge is 0.306 e. The third-order valence-corrected chi connectivity index (χ3v) is 10.7. The molecule has 0 spiro atoms. The van der Waals surface area contributed by atoms with Crippen molar-refractivity contribution in [3.05, 3.63) is 24.3 Å². The largest absolute Gasteiger partial charge is 0.462 e. The van der Waals surface area contributed by atoms with E-state index in [4.69, 9.17) is 14.2 Å². The summed E-state index contributed by atoms with van der Waals surface area (Å²) in [5.41, 5.74) is 0. The van der Waals surface area contributed by atoms with Crippen molar-refractivity contribution < 1.29 is 28.6 Å². The van der Waals surface area contributed by atoms with E-state index in [-0.39, 0.29) is 31.1 Å². The van der Waals surface area contributed by atoms with Crippen LogP contribution in [0, 0.1) is 0 Å². The van der Waals surface area contributed by atoms with Crippen LogP contribution in [0.15, 0.2) is 24.3 Å². The van der Waals surface area contributed by atoms with Gasteiger partial charge in [0.2, 0.25) is 0 Å². The topological polar surface area (TPSA) is 78.9 Å². The summed E-state index contributed by atoms with van der Waals surface area (Å²) in [6, 6.07) is 0. The molecule has 1 unspecified atom stereocenters. The molecular formula is C50H92O6. The summed E-state index contributed by atoms with van der Waals surface area (Å²) < 4.78 is 16.7. The first kappa shape index (κ1) is 53.9. The van der Waals surface area contributed by atoms with Crippen LogP contribution in [0.3, 0.4) is 0 Å². The molecule has 0 amide bonds. The summed E-state index contributed by atoms with van der Waals surface area (Å²) in [6.45, 7) is 6.58. The van der Waals surface area contributed by atoms with Crippen LogP contribution in [0.5, 0.6) is 0 Å². The lowest BCUT2D eigenvalue weighted by Gasteiger charge is -2.18. The molecule has 56 heavy (non-hydrogen) atoms. The third-order valence-electron chi connectivity index (χ3n) is 10.7. The van der Waals surface area contributed by atoms with Gasteiger partial charge < -0.3 is 14.2 Å². The van der Waals surface area contributed by atoms with E-state index < -0.39 is 6.10 Å². The lowest BCUT2D eigenvalue weighted by Crippen LogP contribution is -2.30. The zero-order valence-electron chi connectivity index (χ0n) is 37.4. The predicted octanol–water partition coefficient (Wildman–Crippen LogP) is 15.6. The number of allylic oxidation sites excluding steroid dienone is 4. The maximum absolute atomic E-state index is 12.7. The third kappa shape index (κ3) is 43.0. The lowest BCUT2D eigenvalue weighted by atomic mass is 10.1. The SMILES string of the molecule is CCCCCCC/C=C\CCCCCCCC(=O)OC(COC(=O)CCCCCCCCC)COC(=O)CCCCCCCCC/C=C\CCCCCCCC. The van der Waals surface area contributed by atoms with E-state index >= 15 is 0 Å². The van der Waals surface area contributed by atoms with E-state index in [1.165, 1.54) is 154 Å². The summed E-state index contributed by atoms with van der Waals surface area (Å²) in [4.78, 5) is 37.7. The molecule has 0 aromatic heterocycles. The molecule has 0 aliphatic rings. The minimum absolute atomic E-state index is 0.0739. The van der Waals surface area contributed by atoms with Crippen LogP contribution < -0.4 is 0 Å². The van der Waals surface area contributed by atoms with Gasteiger partial charge in [-0.1, -0.05) is 193 Å². The average molecular weight is 789 g/mol. The molecule has 328 valence electrons. The van der Waals surface area contributed by atoms with Crippen LogP contribution in [0.25, 0.3) is 0 Å². The van der Waals surface area contributed by atoms with Crippen molar-refractivity contribution in [2.75, 3.05) is 13.2 Å². The van der Waals surface area contributed by atoms with Crippen LogP contribution in [0.2, 0.25) is 0 Å². The average Bonchev–Trinajstić information content (AvgIpc) is 3.19. The van der Waals surface area contributed by atoms with Gasteiger partial charge >= 0.3 is 17.9 Å². The Morgan fingerprint density at radius 1 is 0.339 bits per heavy atom. The van der Waals surface area contributed by atoms with Crippen LogP contribution in [0.4, 0.5) is 0 Å². The van der Waals surface area contributed by atoms with E-state index in [0.29, 0.717) is 19.3 Å². The molecule has 6 nitrogen and oxygen atoms in total. The quantitative estimate of drug-likeness (QED) is 0.0265. The van der Waals surface area contributed by atoms with Crippen molar-refractivity contribution in [3.63, 3.8) is 0 Å². The van der Waals surface area contributed by atoms with Gasteiger partial charge in [0.05, 0.1) is 0 Å². The van der Waals surface area contributed by atoms with E-state index in [1.807, 2.05) is 0 Å². The molecule has 1 atom stereocenters. The molecule has 0 saturated heterocycles. The first-order chi connectivity index (χ1) is 27.5. The number of carbonyl (C=O) groups excluding carboxylic acids is 3. The molecule has 0 saturated carbocycles. The molecule has 6 heteroatoms. The number of hydrogen-bond acceptors (Lipinski definition) is 6. The number of esters is 3. The van der Waals surface area contributed by atoms with E-state index in [2.05, 4.69) is 45.1 Å².